The Balaban J connectivity index is 0.000000203. The summed E-state index contributed by atoms with van der Waals surface area (Å²) in [4.78, 5) is 2.45. The first-order valence-electron chi connectivity index (χ1n) is 8.25. The minimum absolute atomic E-state index is 0.270. The van der Waals surface area contributed by atoms with Crippen LogP contribution in [0.4, 0.5) is 0 Å². The van der Waals surface area contributed by atoms with E-state index >= 15 is 0 Å². The highest BCUT2D eigenvalue weighted by molar-refractivity contribution is 5.43. The second-order valence-corrected chi connectivity index (χ2v) is 5.86. The molecule has 1 fully saturated rings. The van der Waals surface area contributed by atoms with Gasteiger partial charge in [-0.05, 0) is 18.2 Å². The quantitative estimate of drug-likeness (QED) is 0.842. The first-order chi connectivity index (χ1) is 11.7. The van der Waals surface area contributed by atoms with E-state index in [0.29, 0.717) is 11.8 Å². The van der Waals surface area contributed by atoms with Crippen LogP contribution >= 0.6 is 0 Å². The van der Waals surface area contributed by atoms with Crippen molar-refractivity contribution < 1.29 is 19.7 Å². The van der Waals surface area contributed by atoms with E-state index in [2.05, 4.69) is 4.90 Å². The maximum atomic E-state index is 9.47. The molecule has 1 atom stereocenters. The molecule has 0 radical (unpaired) electrons. The molecule has 0 bridgehead atoms. The Morgan fingerprint density at radius 2 is 1.62 bits per heavy atom. The van der Waals surface area contributed by atoms with E-state index in [0.717, 1.165) is 45.1 Å². The van der Waals surface area contributed by atoms with Gasteiger partial charge in [-0.25, -0.2) is 0 Å². The van der Waals surface area contributed by atoms with Crippen molar-refractivity contribution in [3.63, 3.8) is 0 Å². The van der Waals surface area contributed by atoms with Gasteiger partial charge in [0.05, 0.1) is 19.8 Å². The van der Waals surface area contributed by atoms with Crippen molar-refractivity contribution in [2.45, 2.75) is 12.5 Å². The molecule has 1 unspecified atom stereocenters. The number of phenols is 2. The van der Waals surface area contributed by atoms with Gasteiger partial charge in [0.2, 0.25) is 0 Å². The van der Waals surface area contributed by atoms with Crippen molar-refractivity contribution in [2.75, 3.05) is 32.9 Å². The van der Waals surface area contributed by atoms with Crippen molar-refractivity contribution >= 4 is 0 Å². The third-order valence-corrected chi connectivity index (χ3v) is 4.25. The molecule has 2 N–H and O–H groups in total. The van der Waals surface area contributed by atoms with Crippen LogP contribution in [0.15, 0.2) is 48.5 Å². The molecule has 5 heteroatoms. The zero-order valence-corrected chi connectivity index (χ0v) is 13.6. The predicted octanol–water partition coefficient (Wildman–Crippen LogP) is 2.94. The Kier molecular flexibility index (Phi) is 5.56. The van der Waals surface area contributed by atoms with Gasteiger partial charge in [-0.3, -0.25) is 4.90 Å². The molecule has 0 aliphatic carbocycles. The van der Waals surface area contributed by atoms with Gasteiger partial charge < -0.3 is 19.7 Å². The zero-order valence-electron chi connectivity index (χ0n) is 13.6. The molecule has 5 nitrogen and oxygen atoms in total. The van der Waals surface area contributed by atoms with Gasteiger partial charge in [0, 0.05) is 37.2 Å². The SMILES string of the molecule is Oc1ccc2c(c1)OCCC2N1CCOCC1.Oc1ccccc1. The summed E-state index contributed by atoms with van der Waals surface area (Å²) in [6, 6.07) is 14.5. The smallest absolute Gasteiger partial charge is 0.127 e. The Labute approximate surface area is 142 Å². The normalized spacial score (nSPS) is 20.2. The summed E-state index contributed by atoms with van der Waals surface area (Å²) in [5.41, 5.74) is 1.19. The van der Waals surface area contributed by atoms with Crippen LogP contribution in [0.1, 0.15) is 18.0 Å². The summed E-state index contributed by atoms with van der Waals surface area (Å²) in [6.45, 7) is 4.30. The van der Waals surface area contributed by atoms with Crippen LogP contribution in [0.5, 0.6) is 17.2 Å². The van der Waals surface area contributed by atoms with Gasteiger partial charge in [0.25, 0.3) is 0 Å². The van der Waals surface area contributed by atoms with Gasteiger partial charge in [0.1, 0.15) is 17.2 Å². The lowest BCUT2D eigenvalue weighted by Gasteiger charge is -2.37. The molecule has 2 heterocycles. The van der Waals surface area contributed by atoms with Gasteiger partial charge in [-0.15, -0.1) is 0 Å². The van der Waals surface area contributed by atoms with Crippen molar-refractivity contribution in [1.29, 1.82) is 0 Å². The summed E-state index contributed by atoms with van der Waals surface area (Å²) >= 11 is 0. The molecule has 2 aromatic rings. The molecule has 1 saturated heterocycles. The maximum absolute atomic E-state index is 9.47. The van der Waals surface area contributed by atoms with Crippen LogP contribution in [0.3, 0.4) is 0 Å². The van der Waals surface area contributed by atoms with Gasteiger partial charge in [-0.2, -0.15) is 0 Å². The number of rotatable bonds is 1. The highest BCUT2D eigenvalue weighted by Crippen LogP contribution is 2.38. The number of para-hydroxylation sites is 1. The third kappa shape index (κ3) is 4.19. The molecule has 0 spiro atoms. The average molecular weight is 329 g/mol. The molecule has 2 aliphatic rings. The lowest BCUT2D eigenvalue weighted by molar-refractivity contribution is 0.00705. The van der Waals surface area contributed by atoms with E-state index in [1.54, 1.807) is 36.4 Å². The van der Waals surface area contributed by atoms with E-state index in [9.17, 15) is 5.11 Å². The van der Waals surface area contributed by atoms with E-state index < -0.39 is 0 Å². The number of fused-ring (bicyclic) bond motifs is 1. The largest absolute Gasteiger partial charge is 0.508 e. The summed E-state index contributed by atoms with van der Waals surface area (Å²) in [5, 5.41) is 18.1. The van der Waals surface area contributed by atoms with Crippen LogP contribution < -0.4 is 4.74 Å². The fraction of sp³-hybridized carbons (Fsp3) is 0.368. The maximum Gasteiger partial charge on any atom is 0.127 e. The highest BCUT2D eigenvalue weighted by atomic mass is 16.5. The number of ether oxygens (including phenoxy) is 2. The molecular weight excluding hydrogens is 306 g/mol. The molecule has 0 saturated carbocycles. The Morgan fingerprint density at radius 1 is 0.875 bits per heavy atom. The first-order valence-corrected chi connectivity index (χ1v) is 8.25. The van der Waals surface area contributed by atoms with Gasteiger partial charge >= 0.3 is 0 Å². The molecular formula is C19H23NO4. The van der Waals surface area contributed by atoms with Gasteiger partial charge in [0.15, 0.2) is 0 Å². The summed E-state index contributed by atoms with van der Waals surface area (Å²) < 4.78 is 11.0. The summed E-state index contributed by atoms with van der Waals surface area (Å²) in [7, 11) is 0. The molecule has 2 aliphatic heterocycles. The average Bonchev–Trinajstić information content (AvgIpc) is 2.63. The molecule has 128 valence electrons. The fourth-order valence-electron chi connectivity index (χ4n) is 3.06. The lowest BCUT2D eigenvalue weighted by atomic mass is 9.98. The Hall–Kier alpha value is -2.24. The molecule has 0 amide bonds. The number of benzene rings is 2. The zero-order chi connectivity index (χ0) is 16.8. The first kappa shape index (κ1) is 16.6. The summed E-state index contributed by atoms with van der Waals surface area (Å²) in [6.07, 6.45) is 1.01. The fourth-order valence-corrected chi connectivity index (χ4v) is 3.06. The predicted molar refractivity (Wildman–Crippen MR) is 91.5 cm³/mol. The van der Waals surface area contributed by atoms with Crippen molar-refractivity contribution in [3.05, 3.63) is 54.1 Å². The minimum atomic E-state index is 0.270. The van der Waals surface area contributed by atoms with Crippen LogP contribution in [0.2, 0.25) is 0 Å². The van der Waals surface area contributed by atoms with Crippen molar-refractivity contribution in [2.24, 2.45) is 0 Å². The Morgan fingerprint density at radius 3 is 2.29 bits per heavy atom. The van der Waals surface area contributed by atoms with E-state index in [1.165, 1.54) is 5.56 Å². The van der Waals surface area contributed by atoms with E-state index in [1.807, 2.05) is 12.1 Å². The minimum Gasteiger partial charge on any atom is -0.508 e. The lowest BCUT2D eigenvalue weighted by Crippen LogP contribution is -2.40. The van der Waals surface area contributed by atoms with Crippen LogP contribution in [-0.4, -0.2) is 48.0 Å². The van der Waals surface area contributed by atoms with E-state index in [-0.39, 0.29) is 5.75 Å². The second-order valence-electron chi connectivity index (χ2n) is 5.86. The van der Waals surface area contributed by atoms with Crippen LogP contribution in [0.25, 0.3) is 0 Å². The number of aromatic hydroxyl groups is 2. The second kappa shape index (κ2) is 8.04. The number of hydrogen-bond acceptors (Lipinski definition) is 5. The standard InChI is InChI=1S/C13H17NO3.C6H6O/c15-10-1-2-11-12(3-6-17-13(11)9-10)14-4-7-16-8-5-14;7-6-4-2-1-3-5-6/h1-2,9,12,15H,3-8H2;1-5,7H. The van der Waals surface area contributed by atoms with Crippen molar-refractivity contribution in [1.82, 2.24) is 4.90 Å². The third-order valence-electron chi connectivity index (χ3n) is 4.25. The van der Waals surface area contributed by atoms with Crippen LogP contribution in [-0.2, 0) is 4.74 Å². The van der Waals surface area contributed by atoms with Crippen LogP contribution in [0, 0.1) is 0 Å². The Bertz CT molecular complexity index is 641. The molecule has 24 heavy (non-hydrogen) atoms. The van der Waals surface area contributed by atoms with E-state index in [4.69, 9.17) is 14.6 Å². The summed E-state index contributed by atoms with van der Waals surface area (Å²) in [5.74, 6) is 1.42. The molecule has 0 aromatic heterocycles. The molecule has 2 aromatic carbocycles. The number of hydrogen-bond donors (Lipinski definition) is 2. The highest BCUT2D eigenvalue weighted by Gasteiger charge is 2.28. The number of nitrogens with zero attached hydrogens (tertiary/aromatic N) is 1. The van der Waals surface area contributed by atoms with Crippen molar-refractivity contribution in [3.8, 4) is 17.2 Å². The number of phenolic OH excluding ortho intramolecular Hbond substituents is 2. The topological polar surface area (TPSA) is 62.2 Å². The molecule has 4 rings (SSSR count). The number of morpholine rings is 1. The van der Waals surface area contributed by atoms with Gasteiger partial charge in [-0.1, -0.05) is 24.3 Å². The monoisotopic (exact) mass is 329 g/mol.